The van der Waals surface area contributed by atoms with Gasteiger partial charge in [0.05, 0.1) is 21.2 Å². The molecule has 0 aliphatic carbocycles. The number of carbonyl (C=O) groups is 2. The smallest absolute Gasteiger partial charge is 0.335 e. The Bertz CT molecular complexity index is 1060. The van der Waals surface area contributed by atoms with Crippen molar-refractivity contribution in [3.8, 4) is 5.75 Å². The Hall–Kier alpha value is -3.03. The van der Waals surface area contributed by atoms with Crippen LogP contribution in [-0.2, 0) is 4.79 Å². The number of halogens is 1. The number of carboxylic acids is 1. The van der Waals surface area contributed by atoms with Crippen LogP contribution in [0.1, 0.15) is 22.8 Å². The van der Waals surface area contributed by atoms with E-state index in [1.54, 1.807) is 41.3 Å². The first kappa shape index (κ1) is 21.7. The Labute approximate surface area is 183 Å². The number of benzene rings is 2. The molecule has 1 heterocycles. The van der Waals surface area contributed by atoms with Crippen molar-refractivity contribution >= 4 is 52.2 Å². The first-order valence-corrected chi connectivity index (χ1v) is 10.3. The van der Waals surface area contributed by atoms with Crippen LogP contribution < -0.4 is 4.74 Å². The van der Waals surface area contributed by atoms with Gasteiger partial charge in [0.1, 0.15) is 12.4 Å². The number of hydrogen-bond acceptors (Lipinski definition) is 5. The van der Waals surface area contributed by atoms with E-state index in [9.17, 15) is 9.59 Å². The Balaban J connectivity index is 1.88. The molecule has 0 aromatic heterocycles. The van der Waals surface area contributed by atoms with Gasteiger partial charge in [0.25, 0.3) is 5.91 Å². The van der Waals surface area contributed by atoms with Gasteiger partial charge in [-0.1, -0.05) is 36.4 Å². The number of hydrogen-bond donors (Lipinski definition) is 1. The summed E-state index contributed by atoms with van der Waals surface area (Å²) >= 11 is 7.49. The molecule has 0 saturated carbocycles. The van der Waals surface area contributed by atoms with Crippen LogP contribution in [0.5, 0.6) is 5.75 Å². The van der Waals surface area contributed by atoms with Gasteiger partial charge < -0.3 is 9.84 Å². The lowest BCUT2D eigenvalue weighted by Gasteiger charge is -2.12. The molecule has 2 aromatic carbocycles. The van der Waals surface area contributed by atoms with E-state index >= 15 is 0 Å². The number of amidine groups is 1. The molecule has 8 heteroatoms. The van der Waals surface area contributed by atoms with Crippen molar-refractivity contribution in [1.29, 1.82) is 0 Å². The maximum absolute atomic E-state index is 12.8. The molecule has 0 spiro atoms. The van der Waals surface area contributed by atoms with Gasteiger partial charge in [0, 0.05) is 6.54 Å². The van der Waals surface area contributed by atoms with Crippen molar-refractivity contribution < 1.29 is 19.4 Å². The zero-order chi connectivity index (χ0) is 21.7. The number of amides is 1. The number of carboxylic acid groups (broad SMARTS) is 1. The number of aliphatic imine (C=N–C) groups is 1. The van der Waals surface area contributed by atoms with E-state index < -0.39 is 5.97 Å². The molecule has 0 radical (unpaired) electrons. The number of likely N-dealkylation sites (N-methyl/N-ethyl adjacent to an activating group) is 1. The van der Waals surface area contributed by atoms with Crippen LogP contribution in [0.4, 0.5) is 5.69 Å². The predicted molar refractivity (Wildman–Crippen MR) is 121 cm³/mol. The minimum atomic E-state index is -1.03. The molecule has 154 valence electrons. The van der Waals surface area contributed by atoms with Crippen LogP contribution in [0.25, 0.3) is 6.08 Å². The Morgan fingerprint density at radius 1 is 1.33 bits per heavy atom. The van der Waals surface area contributed by atoms with Crippen LogP contribution in [0, 0.1) is 0 Å². The summed E-state index contributed by atoms with van der Waals surface area (Å²) in [5, 5.41) is 10.1. The summed E-state index contributed by atoms with van der Waals surface area (Å²) in [6.07, 6.45) is 3.38. The van der Waals surface area contributed by atoms with Crippen molar-refractivity contribution in [3.63, 3.8) is 0 Å². The summed E-state index contributed by atoms with van der Waals surface area (Å²) in [4.78, 5) is 30.5. The van der Waals surface area contributed by atoms with Crippen LogP contribution in [0.15, 0.2) is 65.0 Å². The number of carbonyl (C=O) groups excluding carboxylic acids is 1. The molecule has 1 fully saturated rings. The molecule has 0 bridgehead atoms. The van der Waals surface area contributed by atoms with Crippen molar-refractivity contribution in [2.45, 2.75) is 6.92 Å². The molecule has 1 aliphatic rings. The Morgan fingerprint density at radius 3 is 2.80 bits per heavy atom. The quantitative estimate of drug-likeness (QED) is 0.469. The van der Waals surface area contributed by atoms with Crippen molar-refractivity contribution in [3.05, 3.63) is 76.2 Å². The normalized spacial score (nSPS) is 16.3. The SMILES string of the molecule is C=CCOc1ccc(/C=C2\SC(=Nc3cccc(C(=O)O)c3)N(CC)C2=O)cc1Cl. The lowest BCUT2D eigenvalue weighted by Crippen LogP contribution is -2.28. The fraction of sp³-hybridized carbons (Fsp3) is 0.136. The first-order chi connectivity index (χ1) is 14.4. The Morgan fingerprint density at radius 2 is 2.13 bits per heavy atom. The summed E-state index contributed by atoms with van der Waals surface area (Å²) in [5.74, 6) is -0.656. The van der Waals surface area contributed by atoms with Gasteiger partial charge in [0.15, 0.2) is 5.17 Å². The third-order valence-electron chi connectivity index (χ3n) is 4.13. The summed E-state index contributed by atoms with van der Waals surface area (Å²) in [6, 6.07) is 11.6. The summed E-state index contributed by atoms with van der Waals surface area (Å²) in [7, 11) is 0. The Kier molecular flexibility index (Phi) is 6.97. The topological polar surface area (TPSA) is 79.2 Å². The first-order valence-electron chi connectivity index (χ1n) is 9.09. The van der Waals surface area contributed by atoms with Crippen LogP contribution in [-0.4, -0.2) is 40.2 Å². The monoisotopic (exact) mass is 442 g/mol. The van der Waals surface area contributed by atoms with Crippen LogP contribution in [0.3, 0.4) is 0 Å². The van der Waals surface area contributed by atoms with Gasteiger partial charge in [-0.25, -0.2) is 9.79 Å². The van der Waals surface area contributed by atoms with E-state index in [1.165, 1.54) is 23.9 Å². The number of ether oxygens (including phenoxy) is 1. The largest absolute Gasteiger partial charge is 0.488 e. The molecule has 0 atom stereocenters. The highest BCUT2D eigenvalue weighted by Crippen LogP contribution is 2.35. The number of thioether (sulfide) groups is 1. The molecular formula is C22H19ClN2O4S. The highest BCUT2D eigenvalue weighted by atomic mass is 35.5. The highest BCUT2D eigenvalue weighted by molar-refractivity contribution is 8.18. The minimum Gasteiger partial charge on any atom is -0.488 e. The molecule has 1 saturated heterocycles. The van der Waals surface area contributed by atoms with Crippen molar-refractivity contribution in [2.75, 3.05) is 13.2 Å². The maximum atomic E-state index is 12.8. The second-order valence-corrected chi connectivity index (χ2v) is 7.62. The second-order valence-electron chi connectivity index (χ2n) is 6.20. The van der Waals surface area contributed by atoms with Crippen molar-refractivity contribution in [2.24, 2.45) is 4.99 Å². The molecule has 1 N–H and O–H groups in total. The molecule has 1 amide bonds. The predicted octanol–water partition coefficient (Wildman–Crippen LogP) is 5.23. The molecule has 3 rings (SSSR count). The fourth-order valence-corrected chi connectivity index (χ4v) is 4.02. The van der Waals surface area contributed by atoms with Gasteiger partial charge in [-0.2, -0.15) is 0 Å². The van der Waals surface area contributed by atoms with Crippen molar-refractivity contribution in [1.82, 2.24) is 4.90 Å². The van der Waals surface area contributed by atoms with Crippen LogP contribution in [0.2, 0.25) is 5.02 Å². The third kappa shape index (κ3) is 4.93. The zero-order valence-corrected chi connectivity index (χ0v) is 17.7. The molecule has 2 aromatic rings. The van der Waals surface area contributed by atoms with E-state index in [-0.39, 0.29) is 11.5 Å². The lowest BCUT2D eigenvalue weighted by molar-refractivity contribution is -0.122. The molecule has 1 aliphatic heterocycles. The summed E-state index contributed by atoms with van der Waals surface area (Å²) < 4.78 is 5.46. The molecule has 6 nitrogen and oxygen atoms in total. The van der Waals surface area contributed by atoms with Crippen LogP contribution >= 0.6 is 23.4 Å². The highest BCUT2D eigenvalue weighted by Gasteiger charge is 2.32. The number of rotatable bonds is 7. The van der Waals surface area contributed by atoms with Gasteiger partial charge in [0.2, 0.25) is 0 Å². The van der Waals surface area contributed by atoms with Gasteiger partial charge in [-0.05, 0) is 60.7 Å². The van der Waals surface area contributed by atoms with E-state index in [1.807, 2.05) is 13.0 Å². The van der Waals surface area contributed by atoms with E-state index in [4.69, 9.17) is 21.4 Å². The molecular weight excluding hydrogens is 424 g/mol. The zero-order valence-electron chi connectivity index (χ0n) is 16.2. The molecule has 0 unspecified atom stereocenters. The average Bonchev–Trinajstić information content (AvgIpc) is 3.01. The van der Waals surface area contributed by atoms with E-state index in [0.29, 0.717) is 39.7 Å². The summed E-state index contributed by atoms with van der Waals surface area (Å²) in [5.41, 5.74) is 1.36. The van der Waals surface area contributed by atoms with Gasteiger partial charge in [-0.3, -0.25) is 9.69 Å². The number of nitrogens with zero attached hydrogens (tertiary/aromatic N) is 2. The maximum Gasteiger partial charge on any atom is 0.335 e. The number of aromatic carboxylic acids is 1. The van der Waals surface area contributed by atoms with E-state index in [0.717, 1.165) is 5.56 Å². The van der Waals surface area contributed by atoms with Gasteiger partial charge in [-0.15, -0.1) is 0 Å². The third-order valence-corrected chi connectivity index (χ3v) is 5.43. The lowest BCUT2D eigenvalue weighted by atomic mass is 10.2. The second kappa shape index (κ2) is 9.65. The average molecular weight is 443 g/mol. The standard InChI is InChI=1S/C22H19ClN2O4S/c1-3-10-29-18-9-8-14(11-17(18)23)12-19-20(26)25(4-2)22(30-19)24-16-7-5-6-15(13-16)21(27)28/h3,5-9,11-13H,1,4,10H2,2H3,(H,27,28)/b19-12-,24-22?. The minimum absolute atomic E-state index is 0.137. The van der Waals surface area contributed by atoms with Gasteiger partial charge >= 0.3 is 5.97 Å². The van der Waals surface area contributed by atoms with E-state index in [2.05, 4.69) is 11.6 Å². The fourth-order valence-electron chi connectivity index (χ4n) is 2.71. The molecule has 30 heavy (non-hydrogen) atoms. The summed E-state index contributed by atoms with van der Waals surface area (Å²) in [6.45, 7) is 6.25.